The van der Waals surface area contributed by atoms with E-state index in [1.165, 1.54) is 12.1 Å². The van der Waals surface area contributed by atoms with Crippen molar-refractivity contribution in [1.29, 1.82) is 0 Å². The van der Waals surface area contributed by atoms with Crippen molar-refractivity contribution in [2.24, 2.45) is 5.14 Å². The van der Waals surface area contributed by atoms with Crippen LogP contribution in [0.25, 0.3) is 11.1 Å². The highest BCUT2D eigenvalue weighted by molar-refractivity contribution is 7.89. The van der Waals surface area contributed by atoms with Gasteiger partial charge in [0.2, 0.25) is 10.0 Å². The van der Waals surface area contributed by atoms with E-state index in [1.807, 2.05) is 13.8 Å². The average molecular weight is 373 g/mol. The number of sulfonamides is 1. The minimum absolute atomic E-state index is 0.0167. The predicted molar refractivity (Wildman–Crippen MR) is 87.1 cm³/mol. The van der Waals surface area contributed by atoms with E-state index in [1.54, 1.807) is 6.07 Å². The van der Waals surface area contributed by atoms with E-state index >= 15 is 0 Å². The van der Waals surface area contributed by atoms with Gasteiger partial charge in [0.1, 0.15) is 10.7 Å². The van der Waals surface area contributed by atoms with Gasteiger partial charge in [0, 0.05) is 11.1 Å². The Morgan fingerprint density at radius 1 is 1.04 bits per heavy atom. The highest BCUT2D eigenvalue weighted by Gasteiger charge is 2.26. The second-order valence-corrected chi connectivity index (χ2v) is 8.46. The van der Waals surface area contributed by atoms with Crippen LogP contribution in [0.5, 0.6) is 0 Å². The Labute approximate surface area is 139 Å². The first kappa shape index (κ1) is 18.5. The lowest BCUT2D eigenvalue weighted by Gasteiger charge is -2.14. The van der Waals surface area contributed by atoms with Crippen molar-refractivity contribution >= 4 is 20.1 Å². The Bertz CT molecular complexity index is 948. The van der Waals surface area contributed by atoms with Crippen LogP contribution in [0.4, 0.5) is 4.39 Å². The van der Waals surface area contributed by atoms with Gasteiger partial charge in [-0.15, -0.1) is 0 Å². The van der Waals surface area contributed by atoms with E-state index in [4.69, 9.17) is 5.14 Å². The molecule has 0 aliphatic carbocycles. The molecule has 130 valence electrons. The van der Waals surface area contributed by atoms with Gasteiger partial charge in [0.05, 0.1) is 4.90 Å². The summed E-state index contributed by atoms with van der Waals surface area (Å²) in [5, 5.41) is 5.11. The van der Waals surface area contributed by atoms with Crippen LogP contribution in [0.2, 0.25) is 0 Å². The van der Waals surface area contributed by atoms with Crippen molar-refractivity contribution in [2.45, 2.75) is 29.6 Å². The second kappa shape index (κ2) is 6.25. The van der Waals surface area contributed by atoms with Gasteiger partial charge in [-0.1, -0.05) is 32.0 Å². The molecule has 2 aromatic carbocycles. The van der Waals surface area contributed by atoms with Crippen LogP contribution in [0.15, 0.2) is 46.2 Å². The van der Waals surface area contributed by atoms with Gasteiger partial charge in [-0.2, -0.15) is 8.42 Å². The standard InChI is InChI=1S/C15H16FNO5S2/c1-9(2)10-6-7-11(12(16)8-10)15-13(23(17,18)19)4-3-5-14(15)24(20,21)22/h3-9H,1-2H3,(H2,17,18,19)(H,20,21,22). The van der Waals surface area contributed by atoms with E-state index < -0.39 is 41.3 Å². The topological polar surface area (TPSA) is 115 Å². The first-order valence-electron chi connectivity index (χ1n) is 6.86. The largest absolute Gasteiger partial charge is 0.295 e. The summed E-state index contributed by atoms with van der Waals surface area (Å²) in [4.78, 5) is -1.32. The molecule has 0 fully saturated rings. The van der Waals surface area contributed by atoms with Gasteiger partial charge in [0.25, 0.3) is 10.1 Å². The molecular formula is C15H16FNO5S2. The molecule has 0 heterocycles. The number of hydrogen-bond donors (Lipinski definition) is 2. The molecule has 3 N–H and O–H groups in total. The smallest absolute Gasteiger partial charge is 0.282 e. The number of benzene rings is 2. The van der Waals surface area contributed by atoms with Crippen molar-refractivity contribution < 1.29 is 25.8 Å². The molecule has 0 bridgehead atoms. The first-order chi connectivity index (χ1) is 10.9. The van der Waals surface area contributed by atoms with E-state index in [9.17, 15) is 25.8 Å². The maximum absolute atomic E-state index is 14.5. The Balaban J connectivity index is 2.92. The van der Waals surface area contributed by atoms with Crippen molar-refractivity contribution in [2.75, 3.05) is 0 Å². The van der Waals surface area contributed by atoms with Crippen LogP contribution < -0.4 is 5.14 Å². The van der Waals surface area contributed by atoms with Gasteiger partial charge in [-0.05, 0) is 29.7 Å². The molecule has 0 saturated heterocycles. The molecule has 9 heteroatoms. The van der Waals surface area contributed by atoms with Crippen molar-refractivity contribution in [3.05, 3.63) is 47.8 Å². The van der Waals surface area contributed by atoms with Crippen molar-refractivity contribution in [3.63, 3.8) is 0 Å². The van der Waals surface area contributed by atoms with Crippen LogP contribution in [-0.4, -0.2) is 21.4 Å². The summed E-state index contributed by atoms with van der Waals surface area (Å²) < 4.78 is 70.6. The summed E-state index contributed by atoms with van der Waals surface area (Å²) in [5.74, 6) is -0.801. The quantitative estimate of drug-likeness (QED) is 0.799. The SMILES string of the molecule is CC(C)c1ccc(-c2c(S(N)(=O)=O)cccc2S(=O)(=O)O)c(F)c1. The highest BCUT2D eigenvalue weighted by Crippen LogP contribution is 2.35. The Kier molecular flexibility index (Phi) is 4.82. The molecule has 24 heavy (non-hydrogen) atoms. The number of hydrogen-bond acceptors (Lipinski definition) is 4. The highest BCUT2D eigenvalue weighted by atomic mass is 32.2. The molecule has 2 rings (SSSR count). The summed E-state index contributed by atoms with van der Waals surface area (Å²) in [5.41, 5.74) is -0.121. The molecular weight excluding hydrogens is 357 g/mol. The van der Waals surface area contributed by atoms with Gasteiger partial charge in [-0.3, -0.25) is 4.55 Å². The van der Waals surface area contributed by atoms with Crippen LogP contribution >= 0.6 is 0 Å². The third-order valence-electron chi connectivity index (χ3n) is 3.50. The lowest BCUT2D eigenvalue weighted by atomic mass is 9.98. The third-order valence-corrected chi connectivity index (χ3v) is 5.35. The normalized spacial score (nSPS) is 12.6. The molecule has 0 spiro atoms. The lowest BCUT2D eigenvalue weighted by Crippen LogP contribution is -2.15. The minimum atomic E-state index is -4.79. The Morgan fingerprint density at radius 3 is 2.08 bits per heavy atom. The maximum atomic E-state index is 14.5. The molecule has 2 aromatic rings. The summed E-state index contributed by atoms with van der Waals surface area (Å²) in [6.45, 7) is 3.69. The van der Waals surface area contributed by atoms with Crippen LogP contribution in [0, 0.1) is 5.82 Å². The minimum Gasteiger partial charge on any atom is -0.282 e. The monoisotopic (exact) mass is 373 g/mol. The van der Waals surface area contributed by atoms with Gasteiger partial charge in [0.15, 0.2) is 0 Å². The fraction of sp³-hybridized carbons (Fsp3) is 0.200. The number of rotatable bonds is 4. The predicted octanol–water partition coefficient (Wildman–Crippen LogP) is 2.51. The van der Waals surface area contributed by atoms with E-state index in [0.29, 0.717) is 5.56 Å². The Morgan fingerprint density at radius 2 is 1.62 bits per heavy atom. The fourth-order valence-corrected chi connectivity index (χ4v) is 3.89. The number of nitrogens with two attached hydrogens (primary N) is 1. The molecule has 6 nitrogen and oxygen atoms in total. The number of halogens is 1. The maximum Gasteiger partial charge on any atom is 0.295 e. The molecule has 0 aliphatic rings. The van der Waals surface area contributed by atoms with Crippen LogP contribution in [-0.2, 0) is 20.1 Å². The zero-order valence-electron chi connectivity index (χ0n) is 12.9. The summed E-state index contributed by atoms with van der Waals surface area (Å²) in [6.07, 6.45) is 0. The summed E-state index contributed by atoms with van der Waals surface area (Å²) in [7, 11) is -9.14. The third kappa shape index (κ3) is 3.64. The fourth-order valence-electron chi connectivity index (χ4n) is 2.32. The van der Waals surface area contributed by atoms with Crippen LogP contribution in [0.1, 0.15) is 25.3 Å². The zero-order chi connectivity index (χ0) is 18.3. The van der Waals surface area contributed by atoms with Gasteiger partial charge >= 0.3 is 0 Å². The van der Waals surface area contributed by atoms with E-state index in [-0.39, 0.29) is 11.5 Å². The molecule has 0 amide bonds. The molecule has 0 aliphatic heterocycles. The molecule has 0 radical (unpaired) electrons. The molecule has 0 atom stereocenters. The van der Waals surface area contributed by atoms with Crippen LogP contribution in [0.3, 0.4) is 0 Å². The number of primary sulfonamides is 1. The van der Waals surface area contributed by atoms with E-state index in [0.717, 1.165) is 18.2 Å². The zero-order valence-corrected chi connectivity index (χ0v) is 14.5. The average Bonchev–Trinajstić information content (AvgIpc) is 2.44. The second-order valence-electron chi connectivity index (χ2n) is 5.54. The Hall–Kier alpha value is -1.81. The molecule has 0 aromatic heterocycles. The molecule has 0 unspecified atom stereocenters. The lowest BCUT2D eigenvalue weighted by molar-refractivity contribution is 0.483. The van der Waals surface area contributed by atoms with Gasteiger partial charge in [-0.25, -0.2) is 17.9 Å². The van der Waals surface area contributed by atoms with Crippen molar-refractivity contribution in [1.82, 2.24) is 0 Å². The van der Waals surface area contributed by atoms with E-state index in [2.05, 4.69) is 0 Å². The first-order valence-corrected chi connectivity index (χ1v) is 9.84. The summed E-state index contributed by atoms with van der Waals surface area (Å²) >= 11 is 0. The summed E-state index contributed by atoms with van der Waals surface area (Å²) in [6, 6.07) is 7.14. The molecule has 0 saturated carbocycles. The van der Waals surface area contributed by atoms with Crippen molar-refractivity contribution in [3.8, 4) is 11.1 Å². The van der Waals surface area contributed by atoms with Gasteiger partial charge < -0.3 is 0 Å².